The summed E-state index contributed by atoms with van der Waals surface area (Å²) in [7, 11) is 0. The van der Waals surface area contributed by atoms with Gasteiger partial charge in [0.15, 0.2) is 0 Å². The van der Waals surface area contributed by atoms with E-state index in [1.54, 1.807) is 0 Å². The van der Waals surface area contributed by atoms with Gasteiger partial charge in [-0.25, -0.2) is 0 Å². The average molecular weight is 116 g/mol. The van der Waals surface area contributed by atoms with E-state index in [-0.39, 0.29) is 0 Å². The fraction of sp³-hybridized carbons (Fsp3) is 0.111. The van der Waals surface area contributed by atoms with Crippen LogP contribution in [0.2, 0.25) is 0 Å². The highest BCUT2D eigenvalue weighted by Gasteiger charge is 2.12. The van der Waals surface area contributed by atoms with Gasteiger partial charge in [-0.1, -0.05) is 30.9 Å². The van der Waals surface area contributed by atoms with E-state index in [1.807, 2.05) is 0 Å². The van der Waals surface area contributed by atoms with Crippen LogP contribution < -0.4 is 0 Å². The van der Waals surface area contributed by atoms with Crippen LogP contribution in [0, 0.1) is 0 Å². The van der Waals surface area contributed by atoms with Gasteiger partial charge in [-0.15, -0.1) is 0 Å². The van der Waals surface area contributed by atoms with Crippen LogP contribution in [-0.2, 0) is 0 Å². The second-order valence-corrected chi connectivity index (χ2v) is 2.40. The first kappa shape index (κ1) is 4.80. The molecule has 0 nitrogen and oxygen atoms in total. The molecule has 2 aliphatic rings. The van der Waals surface area contributed by atoms with E-state index >= 15 is 0 Å². The third-order valence-electron chi connectivity index (χ3n) is 1.80. The minimum absolute atomic E-state index is 1.10. The van der Waals surface area contributed by atoms with Crippen LogP contribution in [0.25, 0.3) is 0 Å². The quantitative estimate of drug-likeness (QED) is 0.455. The van der Waals surface area contributed by atoms with Crippen LogP contribution >= 0.6 is 0 Å². The number of hydrogen-bond donors (Lipinski definition) is 0. The molecule has 0 fully saturated rings. The molecule has 44 valence electrons. The summed E-state index contributed by atoms with van der Waals surface area (Å²) in [6.07, 6.45) is 9.66. The van der Waals surface area contributed by atoms with Crippen LogP contribution in [-0.4, -0.2) is 0 Å². The minimum Gasteiger partial charge on any atom is -0.0911 e. The largest absolute Gasteiger partial charge is 0.0911 e. The Hall–Kier alpha value is -1.04. The Kier molecular flexibility index (Phi) is 0.786. The Labute approximate surface area is 54.9 Å². The van der Waals surface area contributed by atoms with Crippen LogP contribution in [0.15, 0.2) is 47.6 Å². The zero-order valence-corrected chi connectivity index (χ0v) is 5.22. The van der Waals surface area contributed by atoms with Crippen molar-refractivity contribution in [3.63, 3.8) is 0 Å². The first-order valence-electron chi connectivity index (χ1n) is 3.15. The summed E-state index contributed by atoms with van der Waals surface area (Å²) >= 11 is 0. The van der Waals surface area contributed by atoms with E-state index in [2.05, 4.69) is 30.9 Å². The monoisotopic (exact) mass is 116 g/mol. The molecule has 0 radical (unpaired) electrons. The summed E-state index contributed by atoms with van der Waals surface area (Å²) < 4.78 is 0. The van der Waals surface area contributed by atoms with Gasteiger partial charge in [0.2, 0.25) is 0 Å². The molecule has 2 rings (SSSR count). The van der Waals surface area contributed by atoms with Crippen LogP contribution in [0.4, 0.5) is 0 Å². The molecule has 0 saturated carbocycles. The molecule has 0 bridgehead atoms. The molecule has 0 saturated heterocycles. The second-order valence-electron chi connectivity index (χ2n) is 2.40. The Morgan fingerprint density at radius 1 is 1.22 bits per heavy atom. The first-order valence-corrected chi connectivity index (χ1v) is 3.15. The van der Waals surface area contributed by atoms with Gasteiger partial charge in [0.25, 0.3) is 0 Å². The summed E-state index contributed by atoms with van der Waals surface area (Å²) in [5.74, 6) is 0. The van der Waals surface area contributed by atoms with Crippen molar-refractivity contribution >= 4 is 0 Å². The predicted molar refractivity (Wildman–Crippen MR) is 39.1 cm³/mol. The van der Waals surface area contributed by atoms with Gasteiger partial charge >= 0.3 is 0 Å². The molecular formula is C9H8. The molecule has 9 heavy (non-hydrogen) atoms. The van der Waals surface area contributed by atoms with Crippen molar-refractivity contribution in [2.45, 2.75) is 6.42 Å². The number of hydrogen-bond acceptors (Lipinski definition) is 0. The molecule has 0 aliphatic heterocycles. The SMILES string of the molecule is C=C1C=CC2=C1C=CC2. The lowest BCUT2D eigenvalue weighted by atomic mass is 10.1. The van der Waals surface area contributed by atoms with Crippen molar-refractivity contribution in [3.8, 4) is 0 Å². The lowest BCUT2D eigenvalue weighted by molar-refractivity contribution is 1.33. The molecule has 0 spiro atoms. The van der Waals surface area contributed by atoms with Crippen LogP contribution in [0.5, 0.6) is 0 Å². The standard InChI is InChI=1S/C9H8/c1-7-5-6-8-3-2-4-9(7)8/h2,4-6H,1,3H2. The molecule has 0 amide bonds. The molecule has 0 aromatic rings. The topological polar surface area (TPSA) is 0 Å². The number of rotatable bonds is 0. The molecular weight excluding hydrogens is 108 g/mol. The fourth-order valence-electron chi connectivity index (χ4n) is 1.28. The van der Waals surface area contributed by atoms with Crippen molar-refractivity contribution in [3.05, 3.63) is 47.6 Å². The van der Waals surface area contributed by atoms with E-state index < -0.39 is 0 Å². The van der Waals surface area contributed by atoms with Crippen molar-refractivity contribution in [2.75, 3.05) is 0 Å². The Bertz CT molecular complexity index is 249. The van der Waals surface area contributed by atoms with Gasteiger partial charge in [-0.3, -0.25) is 0 Å². The first-order chi connectivity index (χ1) is 4.38. The third-order valence-corrected chi connectivity index (χ3v) is 1.80. The van der Waals surface area contributed by atoms with E-state index in [4.69, 9.17) is 0 Å². The highest BCUT2D eigenvalue weighted by Crippen LogP contribution is 2.31. The average Bonchev–Trinajstić information content (AvgIpc) is 2.35. The molecule has 0 heterocycles. The highest BCUT2D eigenvalue weighted by molar-refractivity contribution is 5.60. The van der Waals surface area contributed by atoms with Crippen molar-refractivity contribution < 1.29 is 0 Å². The molecule has 0 aromatic heterocycles. The van der Waals surface area contributed by atoms with E-state index in [0.717, 1.165) is 6.42 Å². The maximum atomic E-state index is 3.90. The van der Waals surface area contributed by atoms with Gasteiger partial charge < -0.3 is 0 Å². The summed E-state index contributed by atoms with van der Waals surface area (Å²) in [5, 5.41) is 0. The van der Waals surface area contributed by atoms with Crippen molar-refractivity contribution in [1.82, 2.24) is 0 Å². The second kappa shape index (κ2) is 1.47. The minimum atomic E-state index is 1.10. The summed E-state index contributed by atoms with van der Waals surface area (Å²) in [6.45, 7) is 3.90. The van der Waals surface area contributed by atoms with Gasteiger partial charge in [0, 0.05) is 0 Å². The summed E-state index contributed by atoms with van der Waals surface area (Å²) in [4.78, 5) is 0. The third kappa shape index (κ3) is 0.531. The molecule has 2 aliphatic carbocycles. The van der Waals surface area contributed by atoms with Gasteiger partial charge in [-0.2, -0.15) is 0 Å². The van der Waals surface area contributed by atoms with E-state index in [1.165, 1.54) is 16.7 Å². The lowest BCUT2D eigenvalue weighted by Crippen LogP contribution is -1.72. The maximum absolute atomic E-state index is 3.90. The molecule has 0 heteroatoms. The van der Waals surface area contributed by atoms with E-state index in [9.17, 15) is 0 Å². The van der Waals surface area contributed by atoms with Crippen LogP contribution in [0.3, 0.4) is 0 Å². The maximum Gasteiger partial charge on any atom is -0.00880 e. The Balaban J connectivity index is 2.52. The zero-order chi connectivity index (χ0) is 6.27. The Morgan fingerprint density at radius 2 is 2.11 bits per heavy atom. The fourth-order valence-corrected chi connectivity index (χ4v) is 1.28. The van der Waals surface area contributed by atoms with Gasteiger partial charge in [0.1, 0.15) is 0 Å². The smallest absolute Gasteiger partial charge is 0.00880 e. The van der Waals surface area contributed by atoms with Crippen LogP contribution in [0.1, 0.15) is 6.42 Å². The van der Waals surface area contributed by atoms with Gasteiger partial charge in [0.05, 0.1) is 0 Å². The summed E-state index contributed by atoms with van der Waals surface area (Å²) in [5.41, 5.74) is 3.94. The van der Waals surface area contributed by atoms with Crippen molar-refractivity contribution in [1.29, 1.82) is 0 Å². The normalized spacial score (nSPS) is 22.0. The number of allylic oxidation sites excluding steroid dienone is 7. The Morgan fingerprint density at radius 3 is 2.89 bits per heavy atom. The zero-order valence-electron chi connectivity index (χ0n) is 5.22. The lowest BCUT2D eigenvalue weighted by Gasteiger charge is -1.91. The molecule has 0 N–H and O–H groups in total. The molecule has 0 aromatic carbocycles. The van der Waals surface area contributed by atoms with Gasteiger partial charge in [-0.05, 0) is 23.1 Å². The summed E-state index contributed by atoms with van der Waals surface area (Å²) in [6, 6.07) is 0. The van der Waals surface area contributed by atoms with E-state index in [0.29, 0.717) is 0 Å². The predicted octanol–water partition coefficient (Wildman–Crippen LogP) is 2.37. The van der Waals surface area contributed by atoms with Crippen molar-refractivity contribution in [2.24, 2.45) is 0 Å². The molecule has 0 atom stereocenters. The molecule has 0 unspecified atom stereocenters. The highest BCUT2D eigenvalue weighted by atomic mass is 14.2.